The van der Waals surface area contributed by atoms with Crippen molar-refractivity contribution in [3.05, 3.63) is 12.2 Å². The van der Waals surface area contributed by atoms with E-state index in [1.54, 1.807) is 0 Å². The van der Waals surface area contributed by atoms with Gasteiger partial charge in [-0.15, -0.1) is 0 Å². The summed E-state index contributed by atoms with van der Waals surface area (Å²) in [5, 5.41) is 35.6. The average molecular weight is 795 g/mol. The molecule has 0 bridgehead atoms. The standard InChI is InChI=1S/C46H102N10/c1-3-47-29-11-5-13-31-49-33-15-7-17-35-51-37-19-9-21-39-53-41-23-25-43-55-45-27-28-46-56-44-26-24-42-54-40-22-10-20-38-52-36-18-8-16-34-50-32-14-6-12-30-48-4-2/h27-28,47-56H,3-26,29-46H2,1-2H3/b28-27+. The minimum atomic E-state index is 0.980. The molecule has 0 saturated heterocycles. The summed E-state index contributed by atoms with van der Waals surface area (Å²) in [5.74, 6) is 0. The molecule has 0 aromatic heterocycles. The first-order valence-electron chi connectivity index (χ1n) is 24.6. The van der Waals surface area contributed by atoms with Gasteiger partial charge in [0.25, 0.3) is 0 Å². The van der Waals surface area contributed by atoms with Crippen LogP contribution in [0.3, 0.4) is 0 Å². The Bertz CT molecular complexity index is 643. The predicted molar refractivity (Wildman–Crippen MR) is 251 cm³/mol. The smallest absolute Gasteiger partial charge is 0.0135 e. The van der Waals surface area contributed by atoms with Gasteiger partial charge in [-0.25, -0.2) is 0 Å². The van der Waals surface area contributed by atoms with Crippen LogP contribution in [0, 0.1) is 0 Å². The molecule has 0 fully saturated rings. The van der Waals surface area contributed by atoms with E-state index in [-0.39, 0.29) is 0 Å². The summed E-state index contributed by atoms with van der Waals surface area (Å²) in [6, 6.07) is 0. The van der Waals surface area contributed by atoms with E-state index in [1.807, 2.05) is 0 Å². The van der Waals surface area contributed by atoms with Crippen LogP contribution in [-0.2, 0) is 0 Å². The highest BCUT2D eigenvalue weighted by atomic mass is 14.9. The lowest BCUT2D eigenvalue weighted by molar-refractivity contribution is 0.532. The summed E-state index contributed by atoms with van der Waals surface area (Å²) >= 11 is 0. The van der Waals surface area contributed by atoms with Crippen molar-refractivity contribution in [3.8, 4) is 0 Å². The lowest BCUT2D eigenvalue weighted by Gasteiger charge is -2.07. The van der Waals surface area contributed by atoms with E-state index in [4.69, 9.17) is 0 Å². The third-order valence-corrected chi connectivity index (χ3v) is 10.3. The van der Waals surface area contributed by atoms with Gasteiger partial charge in [0, 0.05) is 13.1 Å². The molecule has 336 valence electrons. The molecule has 0 rings (SSSR count). The zero-order valence-corrected chi connectivity index (χ0v) is 37.9. The van der Waals surface area contributed by atoms with Crippen LogP contribution in [0.5, 0.6) is 0 Å². The Balaban J connectivity index is 3.10. The Hall–Kier alpha value is -0.660. The first kappa shape index (κ1) is 55.3. The van der Waals surface area contributed by atoms with E-state index in [9.17, 15) is 0 Å². The molecule has 0 saturated carbocycles. The van der Waals surface area contributed by atoms with E-state index in [0.717, 1.165) is 65.4 Å². The fourth-order valence-electron chi connectivity index (χ4n) is 6.70. The van der Waals surface area contributed by atoms with Gasteiger partial charge in [-0.3, -0.25) is 0 Å². The van der Waals surface area contributed by atoms with Gasteiger partial charge in [0.15, 0.2) is 0 Å². The average Bonchev–Trinajstić information content (AvgIpc) is 3.21. The van der Waals surface area contributed by atoms with Crippen LogP contribution >= 0.6 is 0 Å². The third kappa shape index (κ3) is 53.3. The molecule has 0 atom stereocenters. The molecule has 0 aromatic rings. The molecule has 10 N–H and O–H groups in total. The van der Waals surface area contributed by atoms with Gasteiger partial charge in [0.2, 0.25) is 0 Å². The third-order valence-electron chi connectivity index (χ3n) is 10.3. The van der Waals surface area contributed by atoms with Gasteiger partial charge in [0.05, 0.1) is 0 Å². The molecule has 0 radical (unpaired) electrons. The molecule has 0 amide bonds. The molecular formula is C46H102N10. The van der Waals surface area contributed by atoms with E-state index in [0.29, 0.717) is 0 Å². The minimum absolute atomic E-state index is 0.980. The van der Waals surface area contributed by atoms with Gasteiger partial charge in [-0.1, -0.05) is 64.5 Å². The quantitative estimate of drug-likeness (QED) is 0.0263. The maximum Gasteiger partial charge on any atom is 0.0135 e. The van der Waals surface area contributed by atoms with Crippen molar-refractivity contribution >= 4 is 0 Å². The summed E-state index contributed by atoms with van der Waals surface area (Å²) in [6.45, 7) is 27.1. The van der Waals surface area contributed by atoms with Gasteiger partial charge < -0.3 is 53.2 Å². The summed E-state index contributed by atoms with van der Waals surface area (Å²) in [4.78, 5) is 0. The molecule has 0 heterocycles. The highest BCUT2D eigenvalue weighted by Crippen LogP contribution is 1.98. The summed E-state index contributed by atoms with van der Waals surface area (Å²) in [7, 11) is 0. The Morgan fingerprint density at radius 1 is 0.196 bits per heavy atom. The molecule has 0 aliphatic heterocycles. The zero-order chi connectivity index (χ0) is 40.2. The van der Waals surface area contributed by atoms with Crippen molar-refractivity contribution in [1.29, 1.82) is 0 Å². The Morgan fingerprint density at radius 3 is 0.554 bits per heavy atom. The lowest BCUT2D eigenvalue weighted by atomic mass is 10.2. The van der Waals surface area contributed by atoms with Crippen molar-refractivity contribution in [3.63, 3.8) is 0 Å². The number of rotatable bonds is 52. The van der Waals surface area contributed by atoms with Crippen molar-refractivity contribution in [2.45, 2.75) is 155 Å². The van der Waals surface area contributed by atoms with Crippen LogP contribution in [0.4, 0.5) is 0 Å². The van der Waals surface area contributed by atoms with Gasteiger partial charge in [-0.05, 0) is 221 Å². The highest BCUT2D eigenvalue weighted by Gasteiger charge is 1.97. The van der Waals surface area contributed by atoms with Gasteiger partial charge in [-0.2, -0.15) is 0 Å². The summed E-state index contributed by atoms with van der Waals surface area (Å²) < 4.78 is 0. The van der Waals surface area contributed by atoms with Crippen molar-refractivity contribution in [1.82, 2.24) is 53.2 Å². The largest absolute Gasteiger partial charge is 0.317 e. The van der Waals surface area contributed by atoms with Crippen LogP contribution in [0.1, 0.15) is 155 Å². The normalized spacial score (nSPS) is 11.8. The maximum atomic E-state index is 3.63. The summed E-state index contributed by atoms with van der Waals surface area (Å²) in [5.41, 5.74) is 0. The molecular weight excluding hydrogens is 693 g/mol. The first-order valence-corrected chi connectivity index (χ1v) is 24.6. The molecule has 10 heteroatoms. The van der Waals surface area contributed by atoms with Gasteiger partial charge in [0.1, 0.15) is 0 Å². The molecule has 0 spiro atoms. The van der Waals surface area contributed by atoms with E-state index < -0.39 is 0 Å². The SMILES string of the molecule is CCNCCCCCNCCCCCNCCCCCNCCCCNC/C=C/CNCCCCNCCCCCNCCCCCNCCCCCNCC. The number of hydrogen-bond donors (Lipinski definition) is 10. The molecule has 56 heavy (non-hydrogen) atoms. The molecule has 0 unspecified atom stereocenters. The van der Waals surface area contributed by atoms with E-state index in [2.05, 4.69) is 79.2 Å². The van der Waals surface area contributed by atoms with E-state index in [1.165, 1.54) is 207 Å². The van der Waals surface area contributed by atoms with Crippen molar-refractivity contribution < 1.29 is 0 Å². The fourth-order valence-corrected chi connectivity index (χ4v) is 6.70. The summed E-state index contributed by atoms with van der Waals surface area (Å²) in [6.07, 6.45) is 33.2. The highest BCUT2D eigenvalue weighted by molar-refractivity contribution is 4.85. The predicted octanol–water partition coefficient (Wildman–Crippen LogP) is 6.06. The molecule has 0 aromatic carbocycles. The second-order valence-electron chi connectivity index (χ2n) is 15.9. The Kier molecular flexibility index (Phi) is 53.7. The first-order chi connectivity index (χ1) is 27.9. The fraction of sp³-hybridized carbons (Fsp3) is 0.957. The number of hydrogen-bond acceptors (Lipinski definition) is 10. The van der Waals surface area contributed by atoms with Crippen LogP contribution < -0.4 is 53.2 Å². The van der Waals surface area contributed by atoms with Crippen molar-refractivity contribution in [2.75, 3.05) is 131 Å². The van der Waals surface area contributed by atoms with Crippen molar-refractivity contribution in [2.24, 2.45) is 0 Å². The molecule has 0 aliphatic rings. The minimum Gasteiger partial charge on any atom is -0.317 e. The van der Waals surface area contributed by atoms with Crippen LogP contribution in [0.2, 0.25) is 0 Å². The number of nitrogens with one attached hydrogen (secondary N) is 10. The Morgan fingerprint density at radius 2 is 0.357 bits per heavy atom. The molecule has 0 aliphatic carbocycles. The lowest BCUT2D eigenvalue weighted by Crippen LogP contribution is -2.21. The Labute approximate surface area is 350 Å². The van der Waals surface area contributed by atoms with Crippen LogP contribution in [0.25, 0.3) is 0 Å². The van der Waals surface area contributed by atoms with Crippen LogP contribution in [-0.4, -0.2) is 131 Å². The number of unbranched alkanes of at least 4 members (excludes halogenated alkanes) is 14. The van der Waals surface area contributed by atoms with Crippen LogP contribution in [0.15, 0.2) is 12.2 Å². The second kappa shape index (κ2) is 54.3. The maximum absolute atomic E-state index is 3.63. The van der Waals surface area contributed by atoms with Gasteiger partial charge >= 0.3 is 0 Å². The monoisotopic (exact) mass is 795 g/mol. The second-order valence-corrected chi connectivity index (χ2v) is 15.9. The topological polar surface area (TPSA) is 120 Å². The zero-order valence-electron chi connectivity index (χ0n) is 37.9. The van der Waals surface area contributed by atoms with E-state index >= 15 is 0 Å². The molecule has 10 nitrogen and oxygen atoms in total.